The van der Waals surface area contributed by atoms with Gasteiger partial charge in [-0.05, 0) is 80.8 Å². The van der Waals surface area contributed by atoms with Gasteiger partial charge in [0.15, 0.2) is 11.4 Å². The maximum Gasteiger partial charge on any atom is 0.230 e. The molecule has 5 nitrogen and oxygen atoms in total. The lowest BCUT2D eigenvalue weighted by atomic mass is 9.48. The van der Waals surface area contributed by atoms with Crippen LogP contribution in [0.1, 0.15) is 45.4 Å². The van der Waals surface area contributed by atoms with Gasteiger partial charge >= 0.3 is 0 Å². The zero-order chi connectivity index (χ0) is 19.6. The van der Waals surface area contributed by atoms with E-state index in [4.69, 9.17) is 5.26 Å². The molecule has 148 valence electrons. The summed E-state index contributed by atoms with van der Waals surface area (Å²) in [6, 6.07) is 9.67. The van der Waals surface area contributed by atoms with Gasteiger partial charge < -0.3 is 5.32 Å². The van der Waals surface area contributed by atoms with Gasteiger partial charge in [0.2, 0.25) is 5.91 Å². The molecule has 0 aliphatic heterocycles. The minimum Gasteiger partial charge on any atom is -0.352 e. The van der Waals surface area contributed by atoms with Gasteiger partial charge in [0.05, 0.1) is 11.4 Å². The summed E-state index contributed by atoms with van der Waals surface area (Å²) in [6.07, 6.45) is 9.99. The van der Waals surface area contributed by atoms with Gasteiger partial charge in [-0.15, -0.1) is 0 Å². The van der Waals surface area contributed by atoms with Gasteiger partial charge in [-0.1, -0.05) is 30.0 Å². The molecule has 0 heterocycles. The Bertz CT molecular complexity index is 750. The Morgan fingerprint density at radius 3 is 2.39 bits per heavy atom. The lowest BCUT2D eigenvalue weighted by molar-refractivity contribution is -0.123. The molecule has 0 unspecified atom stereocenters. The van der Waals surface area contributed by atoms with Gasteiger partial charge in [0.25, 0.3) is 0 Å². The Labute approximate surface area is 171 Å². The molecular formula is C22H28N4OS. The van der Waals surface area contributed by atoms with Crippen LogP contribution >= 0.6 is 11.8 Å². The number of amidine groups is 1. The fourth-order valence-corrected chi connectivity index (χ4v) is 6.68. The number of hydrogen-bond acceptors (Lipinski definition) is 4. The fourth-order valence-electron chi connectivity index (χ4n) is 6.04. The van der Waals surface area contributed by atoms with E-state index in [0.29, 0.717) is 10.6 Å². The zero-order valence-electron chi connectivity index (χ0n) is 16.4. The lowest BCUT2D eigenvalue weighted by Gasteiger charge is -2.59. The Balaban J connectivity index is 1.34. The number of amides is 1. The molecule has 0 aromatic heterocycles. The van der Waals surface area contributed by atoms with Crippen molar-refractivity contribution in [2.45, 2.75) is 51.5 Å². The van der Waals surface area contributed by atoms with E-state index in [1.165, 1.54) is 50.3 Å². The van der Waals surface area contributed by atoms with Crippen LogP contribution in [0.25, 0.3) is 0 Å². The molecule has 1 atom stereocenters. The van der Waals surface area contributed by atoms with Crippen molar-refractivity contribution in [3.05, 3.63) is 30.3 Å². The number of carbonyl (C=O) groups excluding carboxylic acids is 1. The molecule has 6 heteroatoms. The van der Waals surface area contributed by atoms with Gasteiger partial charge in [-0.3, -0.25) is 10.1 Å². The van der Waals surface area contributed by atoms with Gasteiger partial charge in [0.1, 0.15) is 0 Å². The second-order valence-electron chi connectivity index (χ2n) is 8.85. The number of hydrogen-bond donors (Lipinski definition) is 2. The van der Waals surface area contributed by atoms with Crippen LogP contribution in [0, 0.1) is 34.6 Å². The number of thioether (sulfide) groups is 1. The molecule has 0 saturated heterocycles. The zero-order valence-corrected chi connectivity index (χ0v) is 17.2. The standard InChI is InChI=1S/C22H28N4OS/c1-15(22-10-16-7-17(11-22)9-18(8-16)12-22)25-20(27)13-28-21(24-14-23)26-19-5-3-2-4-6-19/h2-6,15-18H,7-13H2,1H3,(H,24,26)(H,25,27)/t15-,16?,17?,18?,22?/m0/s1. The number of benzene rings is 1. The number of nitriles is 1. The van der Waals surface area contributed by atoms with Crippen LogP contribution in [-0.4, -0.2) is 22.9 Å². The average Bonchev–Trinajstić information content (AvgIpc) is 2.66. The molecule has 4 aliphatic carbocycles. The highest BCUT2D eigenvalue weighted by Gasteiger charge is 2.53. The number of nitrogens with zero attached hydrogens (tertiary/aromatic N) is 2. The number of nitrogens with one attached hydrogen (secondary N) is 2. The quantitative estimate of drug-likeness (QED) is 0.338. The van der Waals surface area contributed by atoms with Gasteiger partial charge in [0, 0.05) is 6.04 Å². The van der Waals surface area contributed by atoms with Crippen LogP contribution in [0.4, 0.5) is 5.69 Å². The first-order chi connectivity index (χ1) is 13.6. The first-order valence-electron chi connectivity index (χ1n) is 10.3. The molecule has 1 aromatic rings. The number of rotatable bonds is 5. The van der Waals surface area contributed by atoms with Crippen molar-refractivity contribution in [1.82, 2.24) is 10.6 Å². The number of para-hydroxylation sites is 1. The van der Waals surface area contributed by atoms with Gasteiger partial charge in [-0.2, -0.15) is 5.26 Å². The molecule has 4 aliphatic rings. The largest absolute Gasteiger partial charge is 0.352 e. The maximum atomic E-state index is 12.6. The molecule has 1 aromatic carbocycles. The van der Waals surface area contributed by atoms with Crippen molar-refractivity contribution in [3.8, 4) is 6.19 Å². The number of carbonyl (C=O) groups is 1. The van der Waals surface area contributed by atoms with E-state index in [-0.39, 0.29) is 17.7 Å². The predicted octanol–water partition coefficient (Wildman–Crippen LogP) is 4.20. The molecule has 5 rings (SSSR count). The first kappa shape index (κ1) is 19.3. The molecule has 4 fully saturated rings. The topological polar surface area (TPSA) is 77.3 Å². The van der Waals surface area contributed by atoms with Crippen LogP contribution in [0.2, 0.25) is 0 Å². The Morgan fingerprint density at radius 1 is 1.21 bits per heavy atom. The van der Waals surface area contributed by atoms with Crippen LogP contribution in [-0.2, 0) is 4.79 Å². The van der Waals surface area contributed by atoms with E-state index in [0.717, 1.165) is 23.4 Å². The fraction of sp³-hybridized carbons (Fsp3) is 0.591. The summed E-state index contributed by atoms with van der Waals surface area (Å²) in [5.74, 6) is 2.92. The third-order valence-electron chi connectivity index (χ3n) is 6.87. The normalized spacial score (nSPS) is 31.9. The van der Waals surface area contributed by atoms with Crippen LogP contribution in [0.5, 0.6) is 0 Å². The third kappa shape index (κ3) is 4.20. The Morgan fingerprint density at radius 2 is 1.82 bits per heavy atom. The van der Waals surface area contributed by atoms with Crippen molar-refractivity contribution in [2.24, 2.45) is 28.2 Å². The Hall–Kier alpha value is -2.00. The van der Waals surface area contributed by atoms with Crippen molar-refractivity contribution < 1.29 is 4.79 Å². The molecule has 1 amide bonds. The summed E-state index contributed by atoms with van der Waals surface area (Å²) in [5.41, 5.74) is 1.07. The molecule has 2 N–H and O–H groups in total. The predicted molar refractivity (Wildman–Crippen MR) is 113 cm³/mol. The van der Waals surface area contributed by atoms with E-state index in [2.05, 4.69) is 22.5 Å². The molecule has 4 bridgehead atoms. The maximum absolute atomic E-state index is 12.6. The average molecular weight is 397 g/mol. The molecular weight excluding hydrogens is 368 g/mol. The molecule has 4 saturated carbocycles. The third-order valence-corrected chi connectivity index (χ3v) is 7.74. The van der Waals surface area contributed by atoms with E-state index >= 15 is 0 Å². The number of aliphatic imine (C=N–C) groups is 1. The lowest BCUT2D eigenvalue weighted by Crippen LogP contribution is -2.56. The molecule has 0 spiro atoms. The van der Waals surface area contributed by atoms with Crippen LogP contribution in [0.15, 0.2) is 35.3 Å². The highest BCUT2D eigenvalue weighted by atomic mass is 32.2. The van der Waals surface area contributed by atoms with Crippen LogP contribution < -0.4 is 10.6 Å². The minimum absolute atomic E-state index is 0.0220. The summed E-state index contributed by atoms with van der Waals surface area (Å²) in [6.45, 7) is 2.20. The second-order valence-corrected chi connectivity index (χ2v) is 9.81. The first-order valence-corrected chi connectivity index (χ1v) is 11.3. The van der Waals surface area contributed by atoms with E-state index < -0.39 is 0 Å². The minimum atomic E-state index is 0.0220. The van der Waals surface area contributed by atoms with Gasteiger partial charge in [-0.25, -0.2) is 4.99 Å². The van der Waals surface area contributed by atoms with Crippen molar-refractivity contribution in [1.29, 1.82) is 5.26 Å². The van der Waals surface area contributed by atoms with Crippen LogP contribution in [0.3, 0.4) is 0 Å². The second kappa shape index (κ2) is 8.16. The highest BCUT2D eigenvalue weighted by Crippen LogP contribution is 2.61. The summed E-state index contributed by atoms with van der Waals surface area (Å²) in [4.78, 5) is 17.0. The molecule has 0 radical (unpaired) electrons. The summed E-state index contributed by atoms with van der Waals surface area (Å²) in [7, 11) is 0. The van der Waals surface area contributed by atoms with E-state index in [1.54, 1.807) is 0 Å². The van der Waals surface area contributed by atoms with Crippen molar-refractivity contribution in [2.75, 3.05) is 5.75 Å². The van der Waals surface area contributed by atoms with Crippen molar-refractivity contribution in [3.63, 3.8) is 0 Å². The summed E-state index contributed by atoms with van der Waals surface area (Å²) < 4.78 is 0. The summed E-state index contributed by atoms with van der Waals surface area (Å²) >= 11 is 1.27. The van der Waals surface area contributed by atoms with E-state index in [1.807, 2.05) is 36.5 Å². The molecule has 28 heavy (non-hydrogen) atoms. The smallest absolute Gasteiger partial charge is 0.230 e. The van der Waals surface area contributed by atoms with E-state index in [9.17, 15) is 4.79 Å². The van der Waals surface area contributed by atoms with Crippen molar-refractivity contribution >= 4 is 28.5 Å². The highest BCUT2D eigenvalue weighted by molar-refractivity contribution is 8.14. The summed E-state index contributed by atoms with van der Waals surface area (Å²) in [5, 5.41) is 15.3. The monoisotopic (exact) mass is 396 g/mol. The SMILES string of the molecule is C[C@H](NC(=O)CSC(=Nc1ccccc1)NC#N)C12CC3CC(CC(C3)C1)C2. The Kier molecular flexibility index (Phi) is 5.63.